The molecule has 2 unspecified atom stereocenters. The molecule has 0 saturated heterocycles. The van der Waals surface area contributed by atoms with Gasteiger partial charge in [0.15, 0.2) is 0 Å². The van der Waals surface area contributed by atoms with Gasteiger partial charge in [0.05, 0.1) is 6.04 Å². The largest absolute Gasteiger partial charge is 0.378 e. The minimum absolute atomic E-state index is 0.370. The molecular weight excluding hydrogens is 170 g/mol. The second-order valence-electron chi connectivity index (χ2n) is 3.54. The topological polar surface area (TPSA) is 12.0 Å². The molecule has 0 amide bonds. The third-order valence-electron chi connectivity index (χ3n) is 2.68. The molecular formula is C13H15N. The van der Waals surface area contributed by atoms with Crippen molar-refractivity contribution in [2.45, 2.75) is 18.9 Å². The van der Waals surface area contributed by atoms with E-state index in [2.05, 4.69) is 48.3 Å². The Balaban J connectivity index is 2.38. The number of nitrogens with one attached hydrogen (secondary N) is 1. The Morgan fingerprint density at radius 3 is 2.86 bits per heavy atom. The van der Waals surface area contributed by atoms with Crippen LogP contribution in [0.25, 0.3) is 0 Å². The van der Waals surface area contributed by atoms with Gasteiger partial charge in [0.1, 0.15) is 0 Å². The molecule has 1 aliphatic rings. The summed E-state index contributed by atoms with van der Waals surface area (Å²) in [7, 11) is 0. The van der Waals surface area contributed by atoms with Crippen molar-refractivity contribution in [1.82, 2.24) is 0 Å². The first kappa shape index (κ1) is 9.07. The van der Waals surface area contributed by atoms with E-state index < -0.39 is 0 Å². The van der Waals surface area contributed by atoms with E-state index >= 15 is 0 Å². The number of hydrogen-bond donors (Lipinski definition) is 1. The van der Waals surface area contributed by atoms with Gasteiger partial charge < -0.3 is 5.32 Å². The predicted octanol–water partition coefficient (Wildman–Crippen LogP) is 3.33. The lowest BCUT2D eigenvalue weighted by Gasteiger charge is -2.11. The number of allylic oxidation sites excluding steroid dienone is 1. The highest BCUT2D eigenvalue weighted by atomic mass is 15.0. The summed E-state index contributed by atoms with van der Waals surface area (Å²) in [5.74, 6) is 0.405. The molecule has 2 rings (SSSR count). The number of anilines is 1. The minimum Gasteiger partial charge on any atom is -0.378 e. The highest BCUT2D eigenvalue weighted by Gasteiger charge is 2.26. The average molecular weight is 185 g/mol. The predicted molar refractivity (Wildman–Crippen MR) is 61.6 cm³/mol. The zero-order valence-electron chi connectivity index (χ0n) is 8.40. The Morgan fingerprint density at radius 2 is 2.14 bits per heavy atom. The van der Waals surface area contributed by atoms with Gasteiger partial charge in [-0.05, 0) is 18.6 Å². The number of fused-ring (bicyclic) bond motifs is 1. The molecule has 0 saturated carbocycles. The number of benzene rings is 1. The van der Waals surface area contributed by atoms with Crippen molar-refractivity contribution in [3.05, 3.63) is 54.6 Å². The number of para-hydroxylation sites is 1. The summed E-state index contributed by atoms with van der Waals surface area (Å²) in [5.41, 5.74) is 2.59. The fourth-order valence-corrected chi connectivity index (χ4v) is 2.03. The molecule has 0 aromatic heterocycles. The normalized spacial score (nSPS) is 24.6. The Bertz CT molecular complexity index is 365. The highest BCUT2D eigenvalue weighted by Crippen LogP contribution is 2.36. The van der Waals surface area contributed by atoms with Crippen LogP contribution >= 0.6 is 0 Å². The third kappa shape index (κ3) is 1.35. The van der Waals surface area contributed by atoms with Crippen LogP contribution in [0.4, 0.5) is 5.69 Å². The van der Waals surface area contributed by atoms with Crippen LogP contribution in [0.5, 0.6) is 0 Å². The molecule has 0 bridgehead atoms. The molecule has 1 heteroatoms. The first-order valence-corrected chi connectivity index (χ1v) is 4.97. The van der Waals surface area contributed by atoms with Crippen LogP contribution in [0.1, 0.15) is 18.4 Å². The Hall–Kier alpha value is -1.50. The van der Waals surface area contributed by atoms with Gasteiger partial charge in [0.2, 0.25) is 0 Å². The fraction of sp³-hybridized carbons (Fsp3) is 0.231. The van der Waals surface area contributed by atoms with Crippen molar-refractivity contribution in [2.75, 3.05) is 5.32 Å². The van der Waals surface area contributed by atoms with Gasteiger partial charge in [-0.25, -0.2) is 0 Å². The summed E-state index contributed by atoms with van der Waals surface area (Å²) >= 11 is 0. The van der Waals surface area contributed by atoms with Crippen LogP contribution in [-0.4, -0.2) is 6.04 Å². The first-order chi connectivity index (χ1) is 6.86. The van der Waals surface area contributed by atoms with Gasteiger partial charge in [-0.15, -0.1) is 6.58 Å². The second kappa shape index (κ2) is 3.70. The van der Waals surface area contributed by atoms with Crippen molar-refractivity contribution in [1.29, 1.82) is 0 Å². The zero-order chi connectivity index (χ0) is 9.97. The molecule has 1 N–H and O–H groups in total. The van der Waals surface area contributed by atoms with Crippen molar-refractivity contribution in [3.8, 4) is 0 Å². The lowest BCUT2D eigenvalue weighted by molar-refractivity contribution is 0.815. The zero-order valence-corrected chi connectivity index (χ0v) is 8.40. The number of hydrogen-bond acceptors (Lipinski definition) is 1. The SMILES string of the molecule is C=CC1c2ccccc2NC1/C=C\C. The van der Waals surface area contributed by atoms with Gasteiger partial charge in [-0.3, -0.25) is 0 Å². The van der Waals surface area contributed by atoms with Crippen LogP contribution in [-0.2, 0) is 0 Å². The maximum Gasteiger partial charge on any atom is 0.0548 e. The molecule has 1 aromatic carbocycles. The van der Waals surface area contributed by atoms with Gasteiger partial charge in [0, 0.05) is 11.6 Å². The molecule has 1 aromatic rings. The maximum atomic E-state index is 3.90. The average Bonchev–Trinajstić information content (AvgIpc) is 2.55. The van der Waals surface area contributed by atoms with Crippen LogP contribution in [0.15, 0.2) is 49.1 Å². The van der Waals surface area contributed by atoms with E-state index in [1.165, 1.54) is 11.3 Å². The Labute approximate surface area is 85.2 Å². The minimum atomic E-state index is 0.370. The van der Waals surface area contributed by atoms with E-state index in [4.69, 9.17) is 0 Å². The third-order valence-corrected chi connectivity index (χ3v) is 2.68. The van der Waals surface area contributed by atoms with E-state index in [9.17, 15) is 0 Å². The van der Waals surface area contributed by atoms with Crippen molar-refractivity contribution >= 4 is 5.69 Å². The smallest absolute Gasteiger partial charge is 0.0548 e. The van der Waals surface area contributed by atoms with E-state index in [0.717, 1.165) is 0 Å². The van der Waals surface area contributed by atoms with Crippen molar-refractivity contribution < 1.29 is 0 Å². The molecule has 0 fully saturated rings. The monoisotopic (exact) mass is 185 g/mol. The lowest BCUT2D eigenvalue weighted by atomic mass is 9.95. The Kier molecular flexibility index (Phi) is 2.40. The maximum absolute atomic E-state index is 3.90. The van der Waals surface area contributed by atoms with Gasteiger partial charge in [0.25, 0.3) is 0 Å². The quantitative estimate of drug-likeness (QED) is 0.697. The molecule has 1 aliphatic heterocycles. The van der Waals surface area contributed by atoms with Gasteiger partial charge >= 0.3 is 0 Å². The van der Waals surface area contributed by atoms with Gasteiger partial charge in [-0.1, -0.05) is 36.4 Å². The Morgan fingerprint density at radius 1 is 1.36 bits per heavy atom. The van der Waals surface area contributed by atoms with E-state index in [1.807, 2.05) is 13.0 Å². The first-order valence-electron chi connectivity index (χ1n) is 4.97. The van der Waals surface area contributed by atoms with E-state index in [1.54, 1.807) is 0 Å². The fourth-order valence-electron chi connectivity index (χ4n) is 2.03. The summed E-state index contributed by atoms with van der Waals surface area (Å²) in [5, 5.41) is 3.48. The summed E-state index contributed by atoms with van der Waals surface area (Å²) in [6.45, 7) is 5.95. The molecule has 0 aliphatic carbocycles. The van der Waals surface area contributed by atoms with Crippen LogP contribution < -0.4 is 5.32 Å². The van der Waals surface area contributed by atoms with Crippen LogP contribution in [0.2, 0.25) is 0 Å². The van der Waals surface area contributed by atoms with Crippen molar-refractivity contribution in [3.63, 3.8) is 0 Å². The molecule has 1 heterocycles. The van der Waals surface area contributed by atoms with E-state index in [0.29, 0.717) is 12.0 Å². The summed E-state index contributed by atoms with van der Waals surface area (Å²) in [4.78, 5) is 0. The summed E-state index contributed by atoms with van der Waals surface area (Å²) in [6.07, 6.45) is 6.29. The molecule has 0 spiro atoms. The van der Waals surface area contributed by atoms with Crippen LogP contribution in [0, 0.1) is 0 Å². The molecule has 0 radical (unpaired) electrons. The van der Waals surface area contributed by atoms with Crippen LogP contribution in [0.3, 0.4) is 0 Å². The molecule has 2 atom stereocenters. The standard InChI is InChI=1S/C13H15N/c1-3-7-12-10(4-2)11-8-5-6-9-13(11)14-12/h3-10,12,14H,2H2,1H3/b7-3-. The molecule has 72 valence electrons. The number of rotatable bonds is 2. The summed E-state index contributed by atoms with van der Waals surface area (Å²) in [6, 6.07) is 8.79. The highest BCUT2D eigenvalue weighted by molar-refractivity contribution is 5.61. The molecule has 1 nitrogen and oxygen atoms in total. The second-order valence-corrected chi connectivity index (χ2v) is 3.54. The van der Waals surface area contributed by atoms with Crippen molar-refractivity contribution in [2.24, 2.45) is 0 Å². The molecule has 14 heavy (non-hydrogen) atoms. The lowest BCUT2D eigenvalue weighted by Crippen LogP contribution is -2.15. The summed E-state index contributed by atoms with van der Waals surface area (Å²) < 4.78 is 0. The van der Waals surface area contributed by atoms with E-state index in [-0.39, 0.29) is 0 Å². The van der Waals surface area contributed by atoms with Gasteiger partial charge in [-0.2, -0.15) is 0 Å².